The van der Waals surface area contributed by atoms with Crippen LogP contribution in [0.4, 0.5) is 0 Å². The van der Waals surface area contributed by atoms with Gasteiger partial charge in [0.05, 0.1) is 44.4 Å². The third-order valence-corrected chi connectivity index (χ3v) is 30.5. The molecule has 4 aromatic heterocycles. The maximum atomic E-state index is 12.4. The van der Waals surface area contributed by atoms with Crippen molar-refractivity contribution in [3.63, 3.8) is 0 Å². The maximum absolute atomic E-state index is 12.4. The van der Waals surface area contributed by atoms with Gasteiger partial charge in [-0.1, -0.05) is 113 Å². The molecule has 4 fully saturated rings. The van der Waals surface area contributed by atoms with E-state index in [9.17, 15) is 19.2 Å². The molecule has 4 saturated carbocycles. The van der Waals surface area contributed by atoms with E-state index >= 15 is 0 Å². The molecule has 8 heterocycles. The molecular formula is C104H100N4O8. The lowest BCUT2D eigenvalue weighted by atomic mass is 9.61. The van der Waals surface area contributed by atoms with Gasteiger partial charge >= 0.3 is 0 Å². The lowest BCUT2D eigenvalue weighted by molar-refractivity contribution is -0.117. The van der Waals surface area contributed by atoms with Gasteiger partial charge in [-0.2, -0.15) is 0 Å². The van der Waals surface area contributed by atoms with Gasteiger partial charge in [-0.3, -0.25) is 39.1 Å². The van der Waals surface area contributed by atoms with E-state index in [-0.39, 0.29) is 69.2 Å². The monoisotopic (exact) mass is 1530 g/mol. The van der Waals surface area contributed by atoms with E-state index in [1.165, 1.54) is 90.9 Å². The van der Waals surface area contributed by atoms with Crippen LogP contribution in [0.15, 0.2) is 274 Å². The van der Waals surface area contributed by atoms with E-state index in [4.69, 9.17) is 18.9 Å². The summed E-state index contributed by atoms with van der Waals surface area (Å²) in [6.45, 7) is 9.63. The Morgan fingerprint density at radius 2 is 0.784 bits per heavy atom. The smallest absolute Gasteiger partial charge is 0.166 e. The molecule has 1 unspecified atom stereocenters. The van der Waals surface area contributed by atoms with Gasteiger partial charge in [-0.25, -0.2) is 0 Å². The molecule has 16 aliphatic rings. The van der Waals surface area contributed by atoms with E-state index in [1.54, 1.807) is 0 Å². The predicted octanol–water partition coefficient (Wildman–Crippen LogP) is 22.8. The number of Topliss-reactive ketones (excluding diaryl/α,β-unsaturated/α-hetero) is 4. The number of ether oxygens (including phenoxy) is 4. The first-order valence-corrected chi connectivity index (χ1v) is 43.3. The summed E-state index contributed by atoms with van der Waals surface area (Å²) in [5.41, 5.74) is 21.2. The van der Waals surface area contributed by atoms with Gasteiger partial charge in [0.25, 0.3) is 0 Å². The summed E-state index contributed by atoms with van der Waals surface area (Å²) in [4.78, 5) is 67.2. The molecule has 0 amide bonds. The number of rotatable bonds is 4. The molecule has 0 N–H and O–H groups in total. The SMILES string of the molecule is C[C@]12C=CC3=CC4=C(CCCC4=O)O[C@H]3[C@@H]1CC=C2c1ccc2ncccc2c1.C[C@]12C=CC3=CC4=C(CCCC4=O)O[C@H]3[C@@H]1CC[C@@H]2c1ccc2ncccc2c1.C[C@]12CCC3=CC4=C(CCCC4=O)O[C@H]3[C@@H]1CC=C2c1ccc2ncccc2c1.C[C@]12CCC3=CC4=C(CCCC4=O)O[C@H]3[C@@H]1CCC2c1ccc2ncccc2c1. The normalized spacial score (nSPS) is 32.0. The van der Waals surface area contributed by atoms with Crippen LogP contribution in [-0.2, 0) is 38.1 Å². The Balaban J connectivity index is 0.0000000966. The van der Waals surface area contributed by atoms with E-state index in [0.29, 0.717) is 61.2 Å². The van der Waals surface area contributed by atoms with Gasteiger partial charge in [0.1, 0.15) is 47.5 Å². The number of hydrogen-bond donors (Lipinski definition) is 0. The third-order valence-electron chi connectivity index (χ3n) is 30.5. The minimum absolute atomic E-state index is 0.0329. The summed E-state index contributed by atoms with van der Waals surface area (Å²) < 4.78 is 26.1. The molecule has 24 rings (SSSR count). The lowest BCUT2D eigenvalue weighted by Crippen LogP contribution is -2.43. The van der Waals surface area contributed by atoms with Gasteiger partial charge in [0.2, 0.25) is 0 Å². The van der Waals surface area contributed by atoms with E-state index in [1.807, 2.05) is 49.1 Å². The highest BCUT2D eigenvalue weighted by Gasteiger charge is 2.58. The fourth-order valence-corrected chi connectivity index (χ4v) is 24.2. The summed E-state index contributed by atoms with van der Waals surface area (Å²) in [5.74, 6) is 7.59. The molecule has 0 radical (unpaired) electrons. The first kappa shape index (κ1) is 72.9. The van der Waals surface area contributed by atoms with Crippen molar-refractivity contribution in [1.29, 1.82) is 0 Å². The number of fused-ring (bicyclic) bond motifs is 16. The van der Waals surface area contributed by atoms with Crippen LogP contribution in [0.5, 0.6) is 0 Å². The van der Waals surface area contributed by atoms with Gasteiger partial charge in [0, 0.05) is 132 Å². The van der Waals surface area contributed by atoms with Crippen molar-refractivity contribution in [3.8, 4) is 0 Å². The first-order valence-electron chi connectivity index (χ1n) is 43.3. The molecule has 0 saturated heterocycles. The largest absolute Gasteiger partial charge is 0.489 e. The molecule has 4 aliphatic heterocycles. The number of carbonyl (C=O) groups is 4. The summed E-state index contributed by atoms with van der Waals surface area (Å²) >= 11 is 0. The highest BCUT2D eigenvalue weighted by molar-refractivity contribution is 6.02. The number of benzene rings is 4. The molecule has 4 aromatic carbocycles. The summed E-state index contributed by atoms with van der Waals surface area (Å²) in [6, 6.07) is 43.4. The molecule has 12 nitrogen and oxygen atoms in total. The number of ketones is 4. The van der Waals surface area contributed by atoms with Crippen LogP contribution in [0.2, 0.25) is 0 Å². The number of aromatic nitrogens is 4. The van der Waals surface area contributed by atoms with Crippen molar-refractivity contribution < 1.29 is 38.1 Å². The minimum Gasteiger partial charge on any atom is -0.489 e. The highest BCUT2D eigenvalue weighted by Crippen LogP contribution is 2.65. The van der Waals surface area contributed by atoms with Crippen LogP contribution in [0.25, 0.3) is 54.8 Å². The van der Waals surface area contributed by atoms with Crippen molar-refractivity contribution in [1.82, 2.24) is 19.9 Å². The molecule has 8 aromatic rings. The quantitative estimate of drug-likeness (QED) is 0.165. The van der Waals surface area contributed by atoms with Gasteiger partial charge in [-0.05, 0) is 265 Å². The Labute approximate surface area is 679 Å². The Morgan fingerprint density at radius 3 is 1.32 bits per heavy atom. The van der Waals surface area contributed by atoms with Crippen molar-refractivity contribution in [2.24, 2.45) is 45.3 Å². The topological polar surface area (TPSA) is 157 Å². The Bertz CT molecular complexity index is 5850. The minimum atomic E-state index is -0.0748. The predicted molar refractivity (Wildman–Crippen MR) is 455 cm³/mol. The number of nitrogens with zero attached hydrogens (tertiary/aromatic N) is 4. The standard InChI is InChI=1S/C26H27NO2.2C26H25NO2.C26H23NO2/c4*1-26-12-11-18-15-19-23(28)5-2-6-24(19)29-25(18)21(26)9-8-20(26)16-7-10-22-17(14-16)4-3-13-27-22/h3-4,7,10,13-15,20-21,25H,2,5-6,8-9,11-12H2,1H3;3-4,7,10-15,20-21,25H,2,5-6,8-9H2,1H3;3-4,7-8,10,13-15,21,25H,2,5-6,9,11-12H2,1H3;3-4,7-8,10-15,21,25H,2,5-6,9H2,1H3/t20?,21-,25+,26+;20-,21+,25-,26-;2*21-,25+,26+/m0100/s1. The summed E-state index contributed by atoms with van der Waals surface area (Å²) in [7, 11) is 0. The molecule has 12 heteroatoms. The molecule has 12 aliphatic carbocycles. The first-order chi connectivity index (χ1) is 56.5. The van der Waals surface area contributed by atoms with Crippen LogP contribution in [0.1, 0.15) is 203 Å². The third kappa shape index (κ3) is 12.2. The molecule has 0 spiro atoms. The van der Waals surface area contributed by atoms with Crippen LogP contribution >= 0.6 is 0 Å². The van der Waals surface area contributed by atoms with Gasteiger partial charge in [-0.15, -0.1) is 0 Å². The van der Waals surface area contributed by atoms with Crippen molar-refractivity contribution in [3.05, 3.63) is 297 Å². The van der Waals surface area contributed by atoms with Gasteiger partial charge < -0.3 is 18.9 Å². The zero-order valence-electron chi connectivity index (χ0n) is 67.0. The number of allylic oxidation sites excluding steroid dienone is 18. The van der Waals surface area contributed by atoms with Crippen molar-refractivity contribution in [2.75, 3.05) is 0 Å². The van der Waals surface area contributed by atoms with E-state index in [2.05, 4.69) is 205 Å². The van der Waals surface area contributed by atoms with Gasteiger partial charge in [0.15, 0.2) is 23.1 Å². The second-order valence-electron chi connectivity index (χ2n) is 36.7. The number of hydrogen-bond acceptors (Lipinski definition) is 12. The van der Waals surface area contributed by atoms with E-state index in [0.717, 1.165) is 169 Å². The summed E-state index contributed by atoms with van der Waals surface area (Å²) in [5, 5.41) is 4.81. The Hall–Kier alpha value is -10.7. The van der Waals surface area contributed by atoms with E-state index < -0.39 is 0 Å². The molecule has 0 bridgehead atoms. The average molecular weight is 1530 g/mol. The molecule has 584 valence electrons. The fourth-order valence-electron chi connectivity index (χ4n) is 24.2. The van der Waals surface area contributed by atoms with Crippen molar-refractivity contribution in [2.45, 2.75) is 205 Å². The fraction of sp³-hybridized carbons (Fsp3) is 0.385. The average Bonchev–Trinajstić information content (AvgIpc) is 1.63. The van der Waals surface area contributed by atoms with Crippen LogP contribution in [-0.4, -0.2) is 67.5 Å². The molecular weight excluding hydrogens is 1430 g/mol. The van der Waals surface area contributed by atoms with Crippen LogP contribution in [0, 0.1) is 45.3 Å². The molecule has 14 atom stereocenters. The van der Waals surface area contributed by atoms with Crippen LogP contribution < -0.4 is 0 Å². The second-order valence-corrected chi connectivity index (χ2v) is 36.7. The Morgan fingerprint density at radius 1 is 0.371 bits per heavy atom. The number of carbonyl (C=O) groups excluding carboxylic acids is 4. The van der Waals surface area contributed by atoms with Crippen molar-refractivity contribution >= 4 is 77.9 Å². The zero-order valence-corrected chi connectivity index (χ0v) is 67.0. The van der Waals surface area contributed by atoms with Crippen LogP contribution in [0.3, 0.4) is 0 Å². The Kier molecular flexibility index (Phi) is 18.0. The molecule has 116 heavy (non-hydrogen) atoms. The highest BCUT2D eigenvalue weighted by atomic mass is 16.5. The number of pyridine rings is 4. The lowest BCUT2D eigenvalue weighted by Gasteiger charge is -2.48. The maximum Gasteiger partial charge on any atom is 0.166 e. The summed E-state index contributed by atoms with van der Waals surface area (Å²) in [6.07, 6.45) is 51.4. The second kappa shape index (κ2) is 28.6. The zero-order chi connectivity index (χ0) is 78.3.